The monoisotopic (exact) mass is 304 g/mol. The maximum Gasteiger partial charge on any atom is 0.119 e. The highest BCUT2D eigenvalue weighted by Gasteiger charge is 1.98. The average molecular weight is 304 g/mol. The summed E-state index contributed by atoms with van der Waals surface area (Å²) in [5, 5.41) is 3.43. The van der Waals surface area contributed by atoms with Crippen LogP contribution in [0.15, 0.2) is 79.1 Å². The Bertz CT molecular complexity index is 697. The lowest BCUT2D eigenvalue weighted by Crippen LogP contribution is -2.12. The number of hydrogen-bond donors (Lipinski definition) is 1. The van der Waals surface area contributed by atoms with Crippen molar-refractivity contribution in [1.82, 2.24) is 10.3 Å². The zero-order chi connectivity index (χ0) is 15.7. The van der Waals surface area contributed by atoms with Gasteiger partial charge in [0, 0.05) is 25.5 Å². The average Bonchev–Trinajstić information content (AvgIpc) is 2.63. The molecule has 1 aromatic heterocycles. The first kappa shape index (κ1) is 15.3. The third-order valence-corrected chi connectivity index (χ3v) is 3.58. The molecule has 0 spiro atoms. The summed E-state index contributed by atoms with van der Waals surface area (Å²) in [4.78, 5) is 4.02. The van der Waals surface area contributed by atoms with Gasteiger partial charge in [0.25, 0.3) is 0 Å². The summed E-state index contributed by atoms with van der Waals surface area (Å²) in [5.74, 6) is 0.895. The number of aromatic nitrogens is 1. The van der Waals surface area contributed by atoms with E-state index in [9.17, 15) is 0 Å². The first-order valence-electron chi connectivity index (χ1n) is 7.75. The van der Waals surface area contributed by atoms with Gasteiger partial charge in [0.2, 0.25) is 0 Å². The zero-order valence-corrected chi connectivity index (χ0v) is 13.0. The van der Waals surface area contributed by atoms with Gasteiger partial charge in [-0.3, -0.25) is 4.98 Å². The van der Waals surface area contributed by atoms with Crippen LogP contribution in [0.5, 0.6) is 5.75 Å². The second-order valence-electron chi connectivity index (χ2n) is 5.38. The van der Waals surface area contributed by atoms with Crippen LogP contribution in [0, 0.1) is 0 Å². The first-order valence-corrected chi connectivity index (χ1v) is 7.75. The third-order valence-electron chi connectivity index (χ3n) is 3.58. The minimum absolute atomic E-state index is 0.598. The van der Waals surface area contributed by atoms with E-state index in [0.29, 0.717) is 6.61 Å². The second-order valence-corrected chi connectivity index (χ2v) is 5.38. The number of nitrogens with one attached hydrogen (secondary N) is 1. The SMILES string of the molecule is c1ccc(COc2ccc(CNCc3ccncc3)cc2)cc1. The van der Waals surface area contributed by atoms with Gasteiger partial charge in [-0.1, -0.05) is 42.5 Å². The lowest BCUT2D eigenvalue weighted by Gasteiger charge is -2.08. The van der Waals surface area contributed by atoms with E-state index < -0.39 is 0 Å². The van der Waals surface area contributed by atoms with E-state index in [2.05, 4.69) is 34.6 Å². The van der Waals surface area contributed by atoms with E-state index in [1.165, 1.54) is 16.7 Å². The lowest BCUT2D eigenvalue weighted by atomic mass is 10.2. The van der Waals surface area contributed by atoms with Crippen LogP contribution in [0.2, 0.25) is 0 Å². The first-order chi connectivity index (χ1) is 11.4. The van der Waals surface area contributed by atoms with E-state index in [1.807, 2.05) is 54.9 Å². The van der Waals surface area contributed by atoms with E-state index in [1.54, 1.807) is 0 Å². The van der Waals surface area contributed by atoms with Gasteiger partial charge in [0.15, 0.2) is 0 Å². The Hall–Kier alpha value is -2.65. The molecule has 0 aliphatic rings. The Balaban J connectivity index is 1.45. The Morgan fingerprint density at radius 1 is 0.696 bits per heavy atom. The van der Waals surface area contributed by atoms with Crippen molar-refractivity contribution >= 4 is 0 Å². The van der Waals surface area contributed by atoms with Crippen molar-refractivity contribution in [2.75, 3.05) is 0 Å². The highest BCUT2D eigenvalue weighted by Crippen LogP contribution is 2.14. The van der Waals surface area contributed by atoms with Crippen LogP contribution < -0.4 is 10.1 Å². The Morgan fingerprint density at radius 2 is 1.35 bits per heavy atom. The van der Waals surface area contributed by atoms with Crippen LogP contribution >= 0.6 is 0 Å². The Labute approximate surface area is 137 Å². The van der Waals surface area contributed by atoms with Crippen LogP contribution in [0.25, 0.3) is 0 Å². The van der Waals surface area contributed by atoms with E-state index in [-0.39, 0.29) is 0 Å². The molecule has 0 amide bonds. The van der Waals surface area contributed by atoms with Gasteiger partial charge >= 0.3 is 0 Å². The topological polar surface area (TPSA) is 34.1 Å². The summed E-state index contributed by atoms with van der Waals surface area (Å²) in [7, 11) is 0. The quantitative estimate of drug-likeness (QED) is 0.717. The molecule has 0 aliphatic heterocycles. The smallest absolute Gasteiger partial charge is 0.119 e. The van der Waals surface area contributed by atoms with Gasteiger partial charge in [0.05, 0.1) is 0 Å². The fraction of sp³-hybridized carbons (Fsp3) is 0.150. The van der Waals surface area contributed by atoms with Crippen molar-refractivity contribution in [3.05, 3.63) is 95.8 Å². The molecule has 0 unspecified atom stereocenters. The number of nitrogens with zero attached hydrogens (tertiary/aromatic N) is 1. The van der Waals surface area contributed by atoms with Crippen molar-refractivity contribution in [3.63, 3.8) is 0 Å². The second kappa shape index (κ2) is 8.11. The number of hydrogen-bond acceptors (Lipinski definition) is 3. The summed E-state index contributed by atoms with van der Waals surface area (Å²) in [5.41, 5.74) is 3.66. The highest BCUT2D eigenvalue weighted by atomic mass is 16.5. The standard InChI is InChI=1S/C20H20N2O/c1-2-4-19(5-3-1)16-23-20-8-6-17(7-9-20)14-22-15-18-10-12-21-13-11-18/h1-13,22H,14-16H2. The number of pyridine rings is 1. The van der Waals surface area contributed by atoms with E-state index in [0.717, 1.165) is 18.8 Å². The molecule has 1 heterocycles. The fourth-order valence-electron chi connectivity index (χ4n) is 2.30. The number of benzene rings is 2. The van der Waals surface area contributed by atoms with E-state index >= 15 is 0 Å². The molecule has 1 N–H and O–H groups in total. The molecule has 0 saturated carbocycles. The van der Waals surface area contributed by atoms with Gasteiger partial charge in [-0.15, -0.1) is 0 Å². The van der Waals surface area contributed by atoms with Crippen molar-refractivity contribution in [2.45, 2.75) is 19.7 Å². The maximum atomic E-state index is 5.79. The Kier molecular flexibility index (Phi) is 5.38. The molecule has 3 heteroatoms. The van der Waals surface area contributed by atoms with Gasteiger partial charge in [-0.2, -0.15) is 0 Å². The summed E-state index contributed by atoms with van der Waals surface area (Å²) < 4.78 is 5.79. The highest BCUT2D eigenvalue weighted by molar-refractivity contribution is 5.27. The van der Waals surface area contributed by atoms with Gasteiger partial charge in [-0.25, -0.2) is 0 Å². The molecular weight excluding hydrogens is 284 g/mol. The molecule has 0 radical (unpaired) electrons. The Morgan fingerprint density at radius 3 is 2.04 bits per heavy atom. The van der Waals surface area contributed by atoms with Crippen LogP contribution in [0.3, 0.4) is 0 Å². The molecule has 3 nitrogen and oxygen atoms in total. The minimum atomic E-state index is 0.598. The zero-order valence-electron chi connectivity index (χ0n) is 13.0. The van der Waals surface area contributed by atoms with Crippen molar-refractivity contribution in [2.24, 2.45) is 0 Å². The third kappa shape index (κ3) is 4.94. The lowest BCUT2D eigenvalue weighted by molar-refractivity contribution is 0.306. The van der Waals surface area contributed by atoms with E-state index in [4.69, 9.17) is 4.74 Å². The normalized spacial score (nSPS) is 10.4. The van der Waals surface area contributed by atoms with Crippen molar-refractivity contribution in [1.29, 1.82) is 0 Å². The number of ether oxygens (including phenoxy) is 1. The van der Waals surface area contributed by atoms with Gasteiger partial charge < -0.3 is 10.1 Å². The molecule has 0 saturated heterocycles. The molecule has 3 rings (SSSR count). The molecule has 0 atom stereocenters. The van der Waals surface area contributed by atoms with Gasteiger partial charge in [-0.05, 0) is 41.0 Å². The minimum Gasteiger partial charge on any atom is -0.489 e. The van der Waals surface area contributed by atoms with Crippen LogP contribution in [0.4, 0.5) is 0 Å². The molecule has 0 fully saturated rings. The molecule has 2 aromatic carbocycles. The molecule has 0 bridgehead atoms. The molecular formula is C20H20N2O. The predicted molar refractivity (Wildman–Crippen MR) is 92.0 cm³/mol. The summed E-state index contributed by atoms with van der Waals surface area (Å²) in [6.45, 7) is 2.27. The molecule has 116 valence electrons. The number of rotatable bonds is 7. The largest absolute Gasteiger partial charge is 0.489 e. The van der Waals surface area contributed by atoms with Gasteiger partial charge in [0.1, 0.15) is 12.4 Å². The molecule has 3 aromatic rings. The van der Waals surface area contributed by atoms with Crippen LogP contribution in [0.1, 0.15) is 16.7 Å². The van der Waals surface area contributed by atoms with Crippen LogP contribution in [-0.4, -0.2) is 4.98 Å². The fourth-order valence-corrected chi connectivity index (χ4v) is 2.30. The predicted octanol–water partition coefficient (Wildman–Crippen LogP) is 3.95. The summed E-state index contributed by atoms with van der Waals surface area (Å²) in [6, 6.07) is 22.5. The maximum absolute atomic E-state index is 5.79. The molecule has 0 aliphatic carbocycles. The summed E-state index contributed by atoms with van der Waals surface area (Å²) in [6.07, 6.45) is 3.63. The summed E-state index contributed by atoms with van der Waals surface area (Å²) >= 11 is 0. The van der Waals surface area contributed by atoms with Crippen molar-refractivity contribution < 1.29 is 4.74 Å². The van der Waals surface area contributed by atoms with Crippen molar-refractivity contribution in [3.8, 4) is 5.75 Å². The molecule has 23 heavy (non-hydrogen) atoms. The van der Waals surface area contributed by atoms with Crippen LogP contribution in [-0.2, 0) is 19.7 Å².